The van der Waals surface area contributed by atoms with Crippen LogP contribution in [0.3, 0.4) is 0 Å². The van der Waals surface area contributed by atoms with Crippen LogP contribution < -0.4 is 0 Å². The highest BCUT2D eigenvalue weighted by molar-refractivity contribution is 5.74. The van der Waals surface area contributed by atoms with Gasteiger partial charge in [-0.2, -0.15) is 0 Å². The molecular formula is C63H108O12. The van der Waals surface area contributed by atoms with Crippen molar-refractivity contribution in [1.29, 1.82) is 0 Å². The summed E-state index contributed by atoms with van der Waals surface area (Å²) >= 11 is 0. The average Bonchev–Trinajstić information content (AvgIpc) is 3.39. The van der Waals surface area contributed by atoms with Gasteiger partial charge in [0.2, 0.25) is 0 Å². The molecule has 432 valence electrons. The second-order valence-electron chi connectivity index (χ2n) is 20.6. The van der Waals surface area contributed by atoms with Crippen LogP contribution in [0, 0.1) is 0 Å². The van der Waals surface area contributed by atoms with E-state index in [1.54, 1.807) is 0 Å². The largest absolute Gasteiger partial charge is 0.479 e. The summed E-state index contributed by atoms with van der Waals surface area (Å²) < 4.78 is 28.4. The summed E-state index contributed by atoms with van der Waals surface area (Å²) in [5.74, 6) is -3.16. The van der Waals surface area contributed by atoms with Crippen LogP contribution in [0.4, 0.5) is 0 Å². The zero-order valence-electron chi connectivity index (χ0n) is 47.5. The minimum atomic E-state index is -1.92. The number of aliphatic carboxylic acids is 1. The summed E-state index contributed by atoms with van der Waals surface area (Å²) in [7, 11) is 0. The van der Waals surface area contributed by atoms with Crippen molar-refractivity contribution in [3.63, 3.8) is 0 Å². The summed E-state index contributed by atoms with van der Waals surface area (Å²) in [6, 6.07) is 0. The van der Waals surface area contributed by atoms with Gasteiger partial charge in [0.15, 0.2) is 24.6 Å². The molecule has 1 heterocycles. The van der Waals surface area contributed by atoms with Gasteiger partial charge in [-0.15, -0.1) is 0 Å². The topological polar surface area (TPSA) is 175 Å². The van der Waals surface area contributed by atoms with Crippen LogP contribution in [-0.2, 0) is 42.9 Å². The Morgan fingerprint density at radius 2 is 0.840 bits per heavy atom. The first-order valence-electron chi connectivity index (χ1n) is 30.3. The fraction of sp³-hybridized carbons (Fsp3) is 0.778. The highest BCUT2D eigenvalue weighted by Crippen LogP contribution is 2.26. The number of hydrogen-bond acceptors (Lipinski definition) is 11. The van der Waals surface area contributed by atoms with Gasteiger partial charge in [0.25, 0.3) is 0 Å². The first kappa shape index (κ1) is 69.4. The van der Waals surface area contributed by atoms with Gasteiger partial charge in [-0.25, -0.2) is 4.79 Å². The number of hydrogen-bond donors (Lipinski definition) is 3. The number of carboxylic acid groups (broad SMARTS) is 1. The number of aliphatic hydroxyl groups excluding tert-OH is 2. The molecule has 1 aliphatic rings. The van der Waals surface area contributed by atoms with Crippen molar-refractivity contribution in [1.82, 2.24) is 0 Å². The van der Waals surface area contributed by atoms with Crippen molar-refractivity contribution in [2.75, 3.05) is 13.2 Å². The summed E-state index contributed by atoms with van der Waals surface area (Å²) in [5.41, 5.74) is 0. The Kier molecular flexibility index (Phi) is 47.4. The van der Waals surface area contributed by atoms with E-state index in [2.05, 4.69) is 81.5 Å². The molecule has 0 saturated carbocycles. The van der Waals surface area contributed by atoms with E-state index in [-0.39, 0.29) is 25.9 Å². The highest BCUT2D eigenvalue weighted by atomic mass is 16.7. The minimum Gasteiger partial charge on any atom is -0.479 e. The molecule has 75 heavy (non-hydrogen) atoms. The van der Waals surface area contributed by atoms with Crippen LogP contribution in [0.15, 0.2) is 60.8 Å². The van der Waals surface area contributed by atoms with Crippen molar-refractivity contribution < 1.29 is 58.2 Å². The van der Waals surface area contributed by atoms with Gasteiger partial charge in [0.1, 0.15) is 18.8 Å². The molecule has 6 unspecified atom stereocenters. The molecule has 0 bridgehead atoms. The monoisotopic (exact) mass is 1060 g/mol. The molecule has 1 rings (SSSR count). The molecule has 0 aromatic carbocycles. The van der Waals surface area contributed by atoms with Gasteiger partial charge in [-0.05, 0) is 83.5 Å². The molecule has 0 spiro atoms. The third kappa shape index (κ3) is 41.2. The standard InChI is InChI=1S/C63H108O12/c1-4-7-10-13-16-19-22-24-26-27-28-29-31-32-35-37-40-43-46-49-55(64)71-52-54(73-56(65)50-47-44-41-38-34-21-18-15-12-9-6-3)53-72-63-61(59(68)58(67)60(75-63)62(69)70)74-57(66)51-48-45-42-39-36-33-30-25-23-20-17-14-11-8-5-2/h8,11,17,20,24-26,30,36,39,54,58-61,63,67-68H,4-7,9-10,12-16,18-19,21-23,27-29,31-35,37-38,40-53H2,1-3H3,(H,69,70)/b11-8-,20-17-,26-24-,30-25-,39-36-. The van der Waals surface area contributed by atoms with E-state index >= 15 is 0 Å². The predicted molar refractivity (Wildman–Crippen MR) is 303 cm³/mol. The van der Waals surface area contributed by atoms with Crippen molar-refractivity contribution >= 4 is 23.9 Å². The Balaban J connectivity index is 2.67. The summed E-state index contributed by atoms with van der Waals surface area (Å²) in [6.45, 7) is 5.86. The zero-order valence-corrected chi connectivity index (χ0v) is 47.5. The second-order valence-corrected chi connectivity index (χ2v) is 20.6. The van der Waals surface area contributed by atoms with E-state index in [0.29, 0.717) is 25.7 Å². The molecule has 0 aliphatic carbocycles. The van der Waals surface area contributed by atoms with Crippen LogP contribution >= 0.6 is 0 Å². The van der Waals surface area contributed by atoms with Crippen molar-refractivity contribution in [2.45, 2.75) is 302 Å². The molecular weight excluding hydrogens is 949 g/mol. The van der Waals surface area contributed by atoms with Crippen LogP contribution in [0.5, 0.6) is 0 Å². The quantitative estimate of drug-likeness (QED) is 0.0228. The summed E-state index contributed by atoms with van der Waals surface area (Å²) in [4.78, 5) is 51.1. The molecule has 0 radical (unpaired) electrons. The maximum absolute atomic E-state index is 13.1. The Morgan fingerprint density at radius 1 is 0.453 bits per heavy atom. The molecule has 1 aliphatic heterocycles. The first-order chi connectivity index (χ1) is 36.6. The maximum Gasteiger partial charge on any atom is 0.335 e. The van der Waals surface area contributed by atoms with Crippen LogP contribution in [0.1, 0.15) is 265 Å². The number of esters is 3. The lowest BCUT2D eigenvalue weighted by atomic mass is 9.98. The molecule has 0 amide bonds. The number of aliphatic hydroxyl groups is 2. The van der Waals surface area contributed by atoms with Crippen molar-refractivity contribution in [3.05, 3.63) is 60.8 Å². The van der Waals surface area contributed by atoms with E-state index in [1.807, 2.05) is 0 Å². The maximum atomic E-state index is 13.1. The Hall–Kier alpha value is -3.58. The Bertz CT molecular complexity index is 1540. The molecule has 0 aromatic rings. The molecule has 6 atom stereocenters. The lowest BCUT2D eigenvalue weighted by Gasteiger charge is -2.40. The lowest BCUT2D eigenvalue weighted by molar-refractivity contribution is -0.301. The molecule has 0 aromatic heterocycles. The van der Waals surface area contributed by atoms with E-state index in [9.17, 15) is 34.5 Å². The normalized spacial score (nSPS) is 18.5. The van der Waals surface area contributed by atoms with E-state index < -0.39 is 67.3 Å². The number of allylic oxidation sites excluding steroid dienone is 10. The van der Waals surface area contributed by atoms with Crippen molar-refractivity contribution in [3.8, 4) is 0 Å². The Labute approximate surface area is 456 Å². The number of ether oxygens (including phenoxy) is 5. The Morgan fingerprint density at radius 3 is 1.32 bits per heavy atom. The highest BCUT2D eigenvalue weighted by Gasteiger charge is 2.50. The minimum absolute atomic E-state index is 0.00876. The molecule has 12 nitrogen and oxygen atoms in total. The van der Waals surface area contributed by atoms with Crippen LogP contribution in [0.2, 0.25) is 0 Å². The molecule has 12 heteroatoms. The number of carbonyl (C=O) groups excluding carboxylic acids is 3. The SMILES string of the molecule is CC/C=C\C/C=C\C/C=C\C/C=C\CCCCC(=O)OC1C(OCC(COC(=O)CCCCCCCCCCC/C=C\CCCCCCCC)OC(=O)CCCCCCCCCCCCC)OC(C(=O)O)C(O)C1O. The van der Waals surface area contributed by atoms with E-state index in [0.717, 1.165) is 70.6 Å². The van der Waals surface area contributed by atoms with Gasteiger partial charge in [0.05, 0.1) is 6.61 Å². The third-order valence-electron chi connectivity index (χ3n) is 13.6. The number of rotatable bonds is 51. The summed E-state index contributed by atoms with van der Waals surface area (Å²) in [6.07, 6.45) is 50.6. The zero-order chi connectivity index (χ0) is 54.7. The van der Waals surface area contributed by atoms with E-state index in [1.165, 1.54) is 128 Å². The van der Waals surface area contributed by atoms with Gasteiger partial charge in [0, 0.05) is 19.3 Å². The third-order valence-corrected chi connectivity index (χ3v) is 13.6. The van der Waals surface area contributed by atoms with E-state index in [4.69, 9.17) is 23.7 Å². The predicted octanol–water partition coefficient (Wildman–Crippen LogP) is 15.6. The number of carboxylic acids is 1. The van der Waals surface area contributed by atoms with Crippen LogP contribution in [-0.4, -0.2) is 89.2 Å². The fourth-order valence-corrected chi connectivity index (χ4v) is 8.94. The summed E-state index contributed by atoms with van der Waals surface area (Å²) in [5, 5.41) is 31.4. The number of unbranched alkanes of at least 4 members (excludes halogenated alkanes) is 27. The second kappa shape index (κ2) is 51.2. The smallest absolute Gasteiger partial charge is 0.335 e. The lowest BCUT2D eigenvalue weighted by Crippen LogP contribution is -2.61. The van der Waals surface area contributed by atoms with Gasteiger partial charge in [-0.1, -0.05) is 223 Å². The number of carbonyl (C=O) groups is 4. The van der Waals surface area contributed by atoms with Gasteiger partial charge < -0.3 is 39.0 Å². The molecule has 3 N–H and O–H groups in total. The van der Waals surface area contributed by atoms with Crippen LogP contribution in [0.25, 0.3) is 0 Å². The van der Waals surface area contributed by atoms with Crippen molar-refractivity contribution in [2.24, 2.45) is 0 Å². The first-order valence-corrected chi connectivity index (χ1v) is 30.3. The fourth-order valence-electron chi connectivity index (χ4n) is 8.94. The molecule has 1 fully saturated rings. The average molecular weight is 1060 g/mol. The van der Waals surface area contributed by atoms with Gasteiger partial charge >= 0.3 is 23.9 Å². The van der Waals surface area contributed by atoms with Gasteiger partial charge in [-0.3, -0.25) is 14.4 Å². The molecule has 1 saturated heterocycles.